The van der Waals surface area contributed by atoms with Crippen LogP contribution >= 0.6 is 0 Å². The molecular weight excluding hydrogens is 316 g/mol. The van der Waals surface area contributed by atoms with Crippen molar-refractivity contribution < 1.29 is 13.9 Å². The molecular formula is C20H18N2O3. The molecule has 3 aromatic rings. The summed E-state index contributed by atoms with van der Waals surface area (Å²) in [7, 11) is 0. The van der Waals surface area contributed by atoms with Crippen LogP contribution in [0, 0.1) is 25.7 Å². The Kier molecular flexibility index (Phi) is 5.00. The third kappa shape index (κ3) is 3.99. The number of furan rings is 1. The lowest BCUT2D eigenvalue weighted by atomic mass is 10.2. The maximum atomic E-state index is 12.0. The number of hydrogen-bond acceptors (Lipinski definition) is 4. The molecule has 1 amide bonds. The average molecular weight is 334 g/mol. The number of benzene rings is 1. The standard InChI is InChI=1S/C20H18N2O3/c1-14-13-17(15(2)25-14)20(23)22-10-3-4-12-24-18-9-5-7-16-8-6-11-21-19(16)18/h5-9,11,13H,10,12H2,1-2H3,(H,22,23). The molecule has 0 radical (unpaired) electrons. The van der Waals surface area contributed by atoms with Crippen LogP contribution in [0.3, 0.4) is 0 Å². The van der Waals surface area contributed by atoms with Crippen LogP contribution in [0.5, 0.6) is 5.75 Å². The number of nitrogens with one attached hydrogen (secondary N) is 1. The zero-order chi connectivity index (χ0) is 17.6. The highest BCUT2D eigenvalue weighted by atomic mass is 16.5. The molecule has 126 valence electrons. The third-order valence-electron chi connectivity index (χ3n) is 3.64. The molecule has 5 heteroatoms. The quantitative estimate of drug-likeness (QED) is 0.744. The van der Waals surface area contributed by atoms with E-state index in [1.807, 2.05) is 37.3 Å². The molecule has 0 spiro atoms. The van der Waals surface area contributed by atoms with E-state index in [-0.39, 0.29) is 19.1 Å². The number of nitrogens with zero attached hydrogens (tertiary/aromatic N) is 1. The van der Waals surface area contributed by atoms with Crippen molar-refractivity contribution in [2.24, 2.45) is 0 Å². The van der Waals surface area contributed by atoms with Crippen molar-refractivity contribution in [3.8, 4) is 17.6 Å². The van der Waals surface area contributed by atoms with Gasteiger partial charge in [-0.1, -0.05) is 30.0 Å². The van der Waals surface area contributed by atoms with Crippen LogP contribution in [0.15, 0.2) is 47.0 Å². The lowest BCUT2D eigenvalue weighted by Gasteiger charge is -2.05. The number of amides is 1. The number of carbonyl (C=O) groups is 1. The number of carbonyl (C=O) groups excluding carboxylic acids is 1. The molecule has 0 aliphatic heterocycles. The Balaban J connectivity index is 1.52. The van der Waals surface area contributed by atoms with Gasteiger partial charge in [-0.2, -0.15) is 0 Å². The number of aromatic nitrogens is 1. The summed E-state index contributed by atoms with van der Waals surface area (Å²) in [5.74, 6) is 7.58. The van der Waals surface area contributed by atoms with E-state index in [1.165, 1.54) is 0 Å². The second kappa shape index (κ2) is 7.54. The number of aryl methyl sites for hydroxylation is 2. The Labute approximate surface area is 146 Å². The topological polar surface area (TPSA) is 64.4 Å². The van der Waals surface area contributed by atoms with Crippen molar-refractivity contribution in [1.82, 2.24) is 10.3 Å². The van der Waals surface area contributed by atoms with Gasteiger partial charge in [-0.05, 0) is 32.0 Å². The Hall–Kier alpha value is -3.26. The van der Waals surface area contributed by atoms with Gasteiger partial charge >= 0.3 is 0 Å². The third-order valence-corrected chi connectivity index (χ3v) is 3.64. The van der Waals surface area contributed by atoms with E-state index in [9.17, 15) is 4.79 Å². The molecule has 0 saturated carbocycles. The summed E-state index contributed by atoms with van der Waals surface area (Å²) in [6.07, 6.45) is 1.73. The Morgan fingerprint density at radius 1 is 1.24 bits per heavy atom. The minimum absolute atomic E-state index is 0.192. The maximum Gasteiger partial charge on any atom is 0.255 e. The van der Waals surface area contributed by atoms with Crippen molar-refractivity contribution in [2.45, 2.75) is 13.8 Å². The Bertz CT molecular complexity index is 958. The summed E-state index contributed by atoms with van der Waals surface area (Å²) in [4.78, 5) is 16.3. The van der Waals surface area contributed by atoms with Gasteiger partial charge in [0.05, 0.1) is 12.1 Å². The first-order valence-corrected chi connectivity index (χ1v) is 7.92. The fraction of sp³-hybridized carbons (Fsp3) is 0.200. The number of pyridine rings is 1. The van der Waals surface area contributed by atoms with Gasteiger partial charge < -0.3 is 14.5 Å². The SMILES string of the molecule is Cc1cc(C(=O)NCC#CCOc2cccc3cccnc23)c(C)o1. The fourth-order valence-corrected chi connectivity index (χ4v) is 2.50. The van der Waals surface area contributed by atoms with Crippen molar-refractivity contribution in [3.05, 3.63) is 59.7 Å². The highest BCUT2D eigenvalue weighted by Crippen LogP contribution is 2.22. The minimum atomic E-state index is -0.192. The largest absolute Gasteiger partial charge is 0.479 e. The van der Waals surface area contributed by atoms with E-state index in [0.29, 0.717) is 22.8 Å². The molecule has 0 unspecified atom stereocenters. The summed E-state index contributed by atoms with van der Waals surface area (Å²) < 4.78 is 11.0. The molecule has 5 nitrogen and oxygen atoms in total. The van der Waals surface area contributed by atoms with Gasteiger partial charge in [-0.3, -0.25) is 9.78 Å². The molecule has 0 aliphatic carbocycles. The lowest BCUT2D eigenvalue weighted by Crippen LogP contribution is -2.23. The maximum absolute atomic E-state index is 12.0. The van der Waals surface area contributed by atoms with Crippen molar-refractivity contribution in [1.29, 1.82) is 0 Å². The highest BCUT2D eigenvalue weighted by molar-refractivity contribution is 5.95. The van der Waals surface area contributed by atoms with Crippen LogP contribution in [-0.2, 0) is 0 Å². The fourth-order valence-electron chi connectivity index (χ4n) is 2.50. The molecule has 0 fully saturated rings. The van der Waals surface area contributed by atoms with E-state index in [4.69, 9.17) is 9.15 Å². The van der Waals surface area contributed by atoms with E-state index >= 15 is 0 Å². The van der Waals surface area contributed by atoms with Crippen molar-refractivity contribution >= 4 is 16.8 Å². The van der Waals surface area contributed by atoms with E-state index < -0.39 is 0 Å². The number of ether oxygens (including phenoxy) is 1. The lowest BCUT2D eigenvalue weighted by molar-refractivity contribution is 0.0957. The van der Waals surface area contributed by atoms with Crippen molar-refractivity contribution in [2.75, 3.05) is 13.2 Å². The van der Waals surface area contributed by atoms with Crippen molar-refractivity contribution in [3.63, 3.8) is 0 Å². The first kappa shape index (κ1) is 16.6. The zero-order valence-corrected chi connectivity index (χ0v) is 14.1. The molecule has 25 heavy (non-hydrogen) atoms. The van der Waals surface area contributed by atoms with Crippen LogP contribution in [0.2, 0.25) is 0 Å². The van der Waals surface area contributed by atoms with Crippen LogP contribution in [0.25, 0.3) is 10.9 Å². The van der Waals surface area contributed by atoms with Gasteiger partial charge in [0.25, 0.3) is 5.91 Å². The molecule has 2 aromatic heterocycles. The van der Waals surface area contributed by atoms with Gasteiger partial charge in [0.1, 0.15) is 29.4 Å². The molecule has 1 aromatic carbocycles. The minimum Gasteiger partial charge on any atom is -0.479 e. The predicted octanol–water partition coefficient (Wildman–Crippen LogP) is 3.26. The number of rotatable bonds is 4. The monoisotopic (exact) mass is 334 g/mol. The summed E-state index contributed by atoms with van der Waals surface area (Å²) in [6.45, 7) is 4.05. The summed E-state index contributed by atoms with van der Waals surface area (Å²) in [6, 6.07) is 11.4. The number of para-hydroxylation sites is 1. The van der Waals surface area contributed by atoms with Crippen LogP contribution in [-0.4, -0.2) is 24.0 Å². The van der Waals surface area contributed by atoms with E-state index in [0.717, 1.165) is 10.9 Å². The number of fused-ring (bicyclic) bond motifs is 1. The zero-order valence-electron chi connectivity index (χ0n) is 14.1. The Morgan fingerprint density at radius 3 is 2.88 bits per heavy atom. The molecule has 0 bridgehead atoms. The second-order valence-corrected chi connectivity index (χ2v) is 5.48. The predicted molar refractivity (Wildman–Crippen MR) is 95.5 cm³/mol. The van der Waals surface area contributed by atoms with Gasteiger partial charge in [-0.15, -0.1) is 0 Å². The van der Waals surface area contributed by atoms with E-state index in [1.54, 1.807) is 19.2 Å². The first-order chi connectivity index (χ1) is 12.1. The van der Waals surface area contributed by atoms with Crippen LogP contribution < -0.4 is 10.1 Å². The van der Waals surface area contributed by atoms with Gasteiger partial charge in [0.15, 0.2) is 0 Å². The van der Waals surface area contributed by atoms with Gasteiger partial charge in [0, 0.05) is 11.6 Å². The first-order valence-electron chi connectivity index (χ1n) is 7.92. The smallest absolute Gasteiger partial charge is 0.255 e. The average Bonchev–Trinajstić information content (AvgIpc) is 2.96. The molecule has 1 N–H and O–H groups in total. The number of hydrogen-bond donors (Lipinski definition) is 1. The summed E-state index contributed by atoms with van der Waals surface area (Å²) in [5, 5.41) is 3.76. The van der Waals surface area contributed by atoms with Crippen LogP contribution in [0.1, 0.15) is 21.9 Å². The van der Waals surface area contributed by atoms with Gasteiger partial charge in [-0.25, -0.2) is 0 Å². The molecule has 2 heterocycles. The second-order valence-electron chi connectivity index (χ2n) is 5.48. The van der Waals surface area contributed by atoms with Gasteiger partial charge in [0.2, 0.25) is 0 Å². The van der Waals surface area contributed by atoms with E-state index in [2.05, 4.69) is 22.1 Å². The Morgan fingerprint density at radius 2 is 2.08 bits per heavy atom. The highest BCUT2D eigenvalue weighted by Gasteiger charge is 2.12. The molecule has 3 rings (SSSR count). The molecule has 0 aliphatic rings. The normalized spacial score (nSPS) is 10.2. The summed E-state index contributed by atoms with van der Waals surface area (Å²) in [5.41, 5.74) is 1.35. The molecule has 0 atom stereocenters. The summed E-state index contributed by atoms with van der Waals surface area (Å²) >= 11 is 0. The van der Waals surface area contributed by atoms with Crippen LogP contribution in [0.4, 0.5) is 0 Å². The molecule has 0 saturated heterocycles.